The fraction of sp³-hybridized carbons (Fsp3) is 0.200. The van der Waals surface area contributed by atoms with Gasteiger partial charge in [-0.1, -0.05) is 17.8 Å². The topological polar surface area (TPSA) is 84.0 Å². The lowest BCUT2D eigenvalue weighted by Crippen LogP contribution is -2.37. The molecule has 2 aromatic heterocycles. The minimum Gasteiger partial charge on any atom is -0.344 e. The number of nitrogens with one attached hydrogen (secondary N) is 2. The second-order valence-electron chi connectivity index (χ2n) is 4.80. The summed E-state index contributed by atoms with van der Waals surface area (Å²) in [6.07, 6.45) is 4.28. The zero-order valence-electron chi connectivity index (χ0n) is 11.7. The second kappa shape index (κ2) is 6.57. The van der Waals surface area contributed by atoms with Crippen LogP contribution in [0.4, 0.5) is 5.69 Å². The summed E-state index contributed by atoms with van der Waals surface area (Å²) < 4.78 is 0. The highest BCUT2D eigenvalue weighted by molar-refractivity contribution is 7.99. The Morgan fingerprint density at radius 1 is 1.23 bits per heavy atom. The van der Waals surface area contributed by atoms with Gasteiger partial charge in [-0.15, -0.1) is 0 Å². The van der Waals surface area contributed by atoms with Gasteiger partial charge in [-0.2, -0.15) is 0 Å². The molecule has 0 spiro atoms. The highest BCUT2D eigenvalue weighted by Crippen LogP contribution is 2.25. The van der Waals surface area contributed by atoms with Crippen LogP contribution >= 0.6 is 11.8 Å². The van der Waals surface area contributed by atoms with Crippen LogP contribution in [0.3, 0.4) is 0 Å². The molecule has 6 nitrogen and oxygen atoms in total. The largest absolute Gasteiger partial charge is 0.344 e. The number of anilines is 1. The van der Waals surface area contributed by atoms with Crippen molar-refractivity contribution in [1.82, 2.24) is 15.3 Å². The van der Waals surface area contributed by atoms with Crippen molar-refractivity contribution >= 4 is 29.3 Å². The summed E-state index contributed by atoms with van der Waals surface area (Å²) in [5, 5.41) is 7.03. The minimum absolute atomic E-state index is 0.0822. The molecule has 2 amide bonds. The van der Waals surface area contributed by atoms with Crippen molar-refractivity contribution in [1.29, 1.82) is 0 Å². The highest BCUT2D eigenvalue weighted by atomic mass is 32.2. The number of hydrogen-bond donors (Lipinski definition) is 2. The Labute approximate surface area is 131 Å². The van der Waals surface area contributed by atoms with Gasteiger partial charge in [0.1, 0.15) is 16.1 Å². The zero-order valence-corrected chi connectivity index (χ0v) is 12.5. The molecule has 0 aliphatic carbocycles. The van der Waals surface area contributed by atoms with Crippen LogP contribution in [0.2, 0.25) is 0 Å². The number of hydrogen-bond acceptors (Lipinski definition) is 5. The molecule has 1 fully saturated rings. The normalized spacial score (nSPS) is 17.1. The molecule has 0 unspecified atom stereocenters. The Morgan fingerprint density at radius 3 is 2.82 bits per heavy atom. The molecule has 3 heterocycles. The lowest BCUT2D eigenvalue weighted by atomic mass is 10.2. The third-order valence-electron chi connectivity index (χ3n) is 3.16. The number of pyridine rings is 2. The number of rotatable bonds is 4. The van der Waals surface area contributed by atoms with Gasteiger partial charge in [0.15, 0.2) is 0 Å². The molecule has 7 heteroatoms. The second-order valence-corrected chi connectivity index (χ2v) is 5.84. The quantitative estimate of drug-likeness (QED) is 0.899. The molecule has 0 bridgehead atoms. The molecule has 1 atom stereocenters. The predicted molar refractivity (Wildman–Crippen MR) is 82.4 cm³/mol. The van der Waals surface area contributed by atoms with Crippen LogP contribution in [0.5, 0.6) is 0 Å². The smallest absolute Gasteiger partial charge is 0.246 e. The lowest BCUT2D eigenvalue weighted by molar-refractivity contribution is -0.122. The van der Waals surface area contributed by atoms with Crippen LogP contribution in [-0.4, -0.2) is 27.8 Å². The van der Waals surface area contributed by atoms with Crippen LogP contribution < -0.4 is 10.6 Å². The first-order valence-corrected chi connectivity index (χ1v) is 7.67. The van der Waals surface area contributed by atoms with Crippen LogP contribution in [0.25, 0.3) is 0 Å². The number of carbonyl (C=O) groups excluding carboxylic acids is 2. The molecule has 0 aromatic carbocycles. The van der Waals surface area contributed by atoms with E-state index in [0.29, 0.717) is 18.5 Å². The van der Waals surface area contributed by atoms with Gasteiger partial charge in [0.25, 0.3) is 0 Å². The van der Waals surface area contributed by atoms with Gasteiger partial charge in [0, 0.05) is 24.5 Å². The maximum absolute atomic E-state index is 12.1. The minimum atomic E-state index is -0.451. The summed E-state index contributed by atoms with van der Waals surface area (Å²) >= 11 is 1.42. The average Bonchev–Trinajstić information content (AvgIpc) is 2.95. The number of nitrogens with zero attached hydrogens (tertiary/aromatic N) is 2. The Bertz CT molecular complexity index is 693. The van der Waals surface area contributed by atoms with E-state index < -0.39 is 6.04 Å². The maximum atomic E-state index is 12.1. The van der Waals surface area contributed by atoms with Crippen molar-refractivity contribution in [2.24, 2.45) is 0 Å². The number of amides is 2. The van der Waals surface area contributed by atoms with Gasteiger partial charge in [-0.3, -0.25) is 9.59 Å². The number of aromatic nitrogens is 2. The molecule has 2 aromatic rings. The summed E-state index contributed by atoms with van der Waals surface area (Å²) in [5.74, 6) is -0.285. The lowest BCUT2D eigenvalue weighted by Gasteiger charge is -2.11. The third-order valence-corrected chi connectivity index (χ3v) is 4.04. The SMILES string of the molecule is O=C1CC[C@@H](C(=O)Nc2ccnc(Sc3ccccn3)c2)N1. The van der Waals surface area contributed by atoms with Gasteiger partial charge < -0.3 is 10.6 Å². The molecule has 2 N–H and O–H groups in total. The average molecular weight is 314 g/mol. The monoisotopic (exact) mass is 314 g/mol. The van der Waals surface area contributed by atoms with Gasteiger partial charge in [0.2, 0.25) is 11.8 Å². The van der Waals surface area contributed by atoms with Crippen LogP contribution in [0, 0.1) is 0 Å². The molecular formula is C15H14N4O2S. The van der Waals surface area contributed by atoms with Crippen molar-refractivity contribution in [3.8, 4) is 0 Å². The first-order chi connectivity index (χ1) is 10.7. The summed E-state index contributed by atoms with van der Waals surface area (Å²) in [6.45, 7) is 0. The van der Waals surface area contributed by atoms with E-state index in [1.165, 1.54) is 11.8 Å². The molecule has 1 aliphatic heterocycles. The van der Waals surface area contributed by atoms with Gasteiger partial charge >= 0.3 is 0 Å². The van der Waals surface area contributed by atoms with Gasteiger partial charge in [0.05, 0.1) is 0 Å². The first kappa shape index (κ1) is 14.5. The Kier molecular flexibility index (Phi) is 4.34. The van der Waals surface area contributed by atoms with Crippen molar-refractivity contribution in [3.05, 3.63) is 42.7 Å². The molecule has 1 aliphatic rings. The fourth-order valence-corrected chi connectivity index (χ4v) is 2.87. The van der Waals surface area contributed by atoms with Crippen molar-refractivity contribution < 1.29 is 9.59 Å². The van der Waals surface area contributed by atoms with E-state index in [9.17, 15) is 9.59 Å². The van der Waals surface area contributed by atoms with E-state index in [-0.39, 0.29) is 11.8 Å². The van der Waals surface area contributed by atoms with Crippen molar-refractivity contribution in [2.45, 2.75) is 28.9 Å². The third kappa shape index (κ3) is 3.62. The summed E-state index contributed by atoms with van der Waals surface area (Å²) in [4.78, 5) is 31.7. The zero-order chi connectivity index (χ0) is 15.4. The van der Waals surface area contributed by atoms with Gasteiger partial charge in [-0.25, -0.2) is 9.97 Å². The molecule has 0 radical (unpaired) electrons. The standard InChI is InChI=1S/C15H14N4O2S/c20-12-5-4-11(19-12)15(21)18-10-6-8-17-14(9-10)22-13-3-1-2-7-16-13/h1-3,6-9,11H,4-5H2,(H,19,20)(H,17,18,21)/t11-/m0/s1. The summed E-state index contributed by atoms with van der Waals surface area (Å²) in [7, 11) is 0. The molecule has 3 rings (SSSR count). The van der Waals surface area contributed by atoms with Crippen LogP contribution in [0.1, 0.15) is 12.8 Å². The molecule has 1 saturated heterocycles. The molecule has 22 heavy (non-hydrogen) atoms. The van der Waals surface area contributed by atoms with E-state index in [1.54, 1.807) is 24.5 Å². The molecule has 112 valence electrons. The summed E-state index contributed by atoms with van der Waals surface area (Å²) in [6, 6.07) is 8.71. The van der Waals surface area contributed by atoms with E-state index >= 15 is 0 Å². The Morgan fingerprint density at radius 2 is 2.09 bits per heavy atom. The Balaban J connectivity index is 1.66. The van der Waals surface area contributed by atoms with E-state index in [4.69, 9.17) is 0 Å². The van der Waals surface area contributed by atoms with Crippen LogP contribution in [-0.2, 0) is 9.59 Å². The maximum Gasteiger partial charge on any atom is 0.246 e. The molecule has 0 saturated carbocycles. The van der Waals surface area contributed by atoms with E-state index in [1.807, 2.05) is 18.2 Å². The number of carbonyl (C=O) groups is 2. The van der Waals surface area contributed by atoms with Gasteiger partial charge in [-0.05, 0) is 30.7 Å². The van der Waals surface area contributed by atoms with E-state index in [2.05, 4.69) is 20.6 Å². The van der Waals surface area contributed by atoms with Crippen LogP contribution in [0.15, 0.2) is 52.8 Å². The predicted octanol–water partition coefficient (Wildman–Crippen LogP) is 1.84. The van der Waals surface area contributed by atoms with E-state index in [0.717, 1.165) is 10.1 Å². The van der Waals surface area contributed by atoms with Crippen molar-refractivity contribution in [3.63, 3.8) is 0 Å². The van der Waals surface area contributed by atoms with Crippen molar-refractivity contribution in [2.75, 3.05) is 5.32 Å². The Hall–Kier alpha value is -2.41. The fourth-order valence-electron chi connectivity index (χ4n) is 2.10. The summed E-state index contributed by atoms with van der Waals surface area (Å²) in [5.41, 5.74) is 0.652. The molecular weight excluding hydrogens is 300 g/mol. The highest BCUT2D eigenvalue weighted by Gasteiger charge is 2.27. The first-order valence-electron chi connectivity index (χ1n) is 6.86.